The molecular weight excluding hydrogens is 360 g/mol. The van der Waals surface area contributed by atoms with Crippen LogP contribution in [0.3, 0.4) is 0 Å². The zero-order valence-corrected chi connectivity index (χ0v) is 15.6. The molecule has 2 fully saturated rings. The fraction of sp³-hybridized carbons (Fsp3) is 0.500. The summed E-state index contributed by atoms with van der Waals surface area (Å²) in [6, 6.07) is 4.59. The van der Waals surface area contributed by atoms with Crippen molar-refractivity contribution in [2.75, 3.05) is 13.1 Å². The first-order chi connectivity index (χ1) is 13.5. The monoisotopic (exact) mass is 384 g/mol. The van der Waals surface area contributed by atoms with Gasteiger partial charge >= 0.3 is 0 Å². The second kappa shape index (κ2) is 7.44. The van der Waals surface area contributed by atoms with E-state index in [1.807, 2.05) is 6.07 Å². The van der Waals surface area contributed by atoms with Gasteiger partial charge in [0.25, 0.3) is 11.8 Å². The molecule has 0 bridgehead atoms. The number of hydrogen-bond donors (Lipinski definition) is 2. The molecule has 3 heterocycles. The molecule has 4 amide bonds. The molecule has 0 saturated carbocycles. The van der Waals surface area contributed by atoms with Crippen LogP contribution < -0.4 is 11.1 Å². The Kier molecular flexibility index (Phi) is 4.99. The second-order valence-corrected chi connectivity index (χ2v) is 7.64. The number of nitrogens with one attached hydrogen (secondary N) is 1. The Morgan fingerprint density at radius 3 is 2.64 bits per heavy atom. The highest BCUT2D eigenvalue weighted by Crippen LogP contribution is 2.31. The topological polar surface area (TPSA) is 113 Å². The highest BCUT2D eigenvalue weighted by Gasteiger charge is 2.45. The minimum Gasteiger partial charge on any atom is -0.329 e. The lowest BCUT2D eigenvalue weighted by atomic mass is 9.98. The summed E-state index contributed by atoms with van der Waals surface area (Å²) in [5.41, 5.74) is 7.40. The molecule has 3 aliphatic rings. The van der Waals surface area contributed by atoms with E-state index in [9.17, 15) is 19.2 Å². The van der Waals surface area contributed by atoms with Gasteiger partial charge in [0, 0.05) is 25.6 Å². The van der Waals surface area contributed by atoms with E-state index >= 15 is 0 Å². The summed E-state index contributed by atoms with van der Waals surface area (Å²) in [6.07, 6.45) is 3.53. The van der Waals surface area contributed by atoms with Gasteiger partial charge < -0.3 is 5.73 Å². The third kappa shape index (κ3) is 3.12. The van der Waals surface area contributed by atoms with Crippen LogP contribution in [0.15, 0.2) is 18.2 Å². The lowest BCUT2D eigenvalue weighted by Crippen LogP contribution is -2.54. The lowest BCUT2D eigenvalue weighted by Gasteiger charge is -2.35. The van der Waals surface area contributed by atoms with Crippen LogP contribution >= 0.6 is 0 Å². The molecule has 0 aromatic heterocycles. The Labute approximate surface area is 163 Å². The zero-order valence-electron chi connectivity index (χ0n) is 15.6. The standard InChI is InChI=1S/C20H24N4O4/c21-10-13-5-1-2-9-23(13)11-12-4-3-6-14-17(12)20(28)24(19(14)27)15-7-8-16(25)22-18(15)26/h3-4,6,13,15H,1-2,5,7-11,21H2,(H,22,25,26)/t13-,15?/m1/s1. The maximum absolute atomic E-state index is 13.1. The molecule has 1 aromatic rings. The van der Waals surface area contributed by atoms with Crippen molar-refractivity contribution < 1.29 is 19.2 Å². The molecule has 0 spiro atoms. The SMILES string of the molecule is NC[C@H]1CCCCN1Cc1cccc2c1C(=O)N(C1CCC(=O)NC1=O)C2=O. The van der Waals surface area contributed by atoms with E-state index in [0.29, 0.717) is 24.2 Å². The zero-order chi connectivity index (χ0) is 19.8. The molecule has 1 unspecified atom stereocenters. The number of likely N-dealkylation sites (tertiary alicyclic amines) is 1. The van der Waals surface area contributed by atoms with E-state index < -0.39 is 23.8 Å². The second-order valence-electron chi connectivity index (χ2n) is 7.64. The molecule has 4 rings (SSSR count). The van der Waals surface area contributed by atoms with Crippen LogP contribution in [0, 0.1) is 0 Å². The number of rotatable bonds is 4. The first kappa shape index (κ1) is 18.8. The van der Waals surface area contributed by atoms with Gasteiger partial charge in [-0.2, -0.15) is 0 Å². The Morgan fingerprint density at radius 2 is 1.89 bits per heavy atom. The highest BCUT2D eigenvalue weighted by atomic mass is 16.2. The lowest BCUT2D eigenvalue weighted by molar-refractivity contribution is -0.136. The largest absolute Gasteiger partial charge is 0.329 e. The molecule has 0 radical (unpaired) electrons. The van der Waals surface area contributed by atoms with Gasteiger partial charge in [0.05, 0.1) is 11.1 Å². The minimum atomic E-state index is -0.940. The highest BCUT2D eigenvalue weighted by molar-refractivity contribution is 6.24. The number of fused-ring (bicyclic) bond motifs is 1. The van der Waals surface area contributed by atoms with Crippen molar-refractivity contribution in [3.8, 4) is 0 Å². The summed E-state index contributed by atoms with van der Waals surface area (Å²) in [6.45, 7) is 2.02. The smallest absolute Gasteiger partial charge is 0.262 e. The van der Waals surface area contributed by atoms with Gasteiger partial charge in [-0.3, -0.25) is 34.3 Å². The van der Waals surface area contributed by atoms with Crippen molar-refractivity contribution in [3.05, 3.63) is 34.9 Å². The first-order valence-electron chi connectivity index (χ1n) is 9.79. The van der Waals surface area contributed by atoms with Crippen LogP contribution in [0.1, 0.15) is 58.4 Å². The molecule has 8 heteroatoms. The van der Waals surface area contributed by atoms with Gasteiger partial charge in [-0.05, 0) is 37.4 Å². The predicted molar refractivity (Wildman–Crippen MR) is 100 cm³/mol. The molecule has 28 heavy (non-hydrogen) atoms. The quantitative estimate of drug-likeness (QED) is 0.727. The molecule has 1 aromatic carbocycles. The van der Waals surface area contributed by atoms with E-state index in [-0.39, 0.29) is 24.8 Å². The van der Waals surface area contributed by atoms with Crippen LogP contribution in [0.4, 0.5) is 0 Å². The first-order valence-corrected chi connectivity index (χ1v) is 9.79. The molecule has 148 valence electrons. The van der Waals surface area contributed by atoms with E-state index in [1.165, 1.54) is 0 Å². The van der Waals surface area contributed by atoms with E-state index in [0.717, 1.165) is 36.3 Å². The van der Waals surface area contributed by atoms with Crippen molar-refractivity contribution in [2.45, 2.75) is 50.7 Å². The van der Waals surface area contributed by atoms with Gasteiger partial charge in [0.1, 0.15) is 6.04 Å². The number of benzene rings is 1. The van der Waals surface area contributed by atoms with E-state index in [1.54, 1.807) is 12.1 Å². The summed E-state index contributed by atoms with van der Waals surface area (Å²) in [4.78, 5) is 53.0. The van der Waals surface area contributed by atoms with Crippen LogP contribution in [0.2, 0.25) is 0 Å². The summed E-state index contributed by atoms with van der Waals surface area (Å²) >= 11 is 0. The van der Waals surface area contributed by atoms with E-state index in [2.05, 4.69) is 10.2 Å². The predicted octanol–water partition coefficient (Wildman–Crippen LogP) is 0.401. The average Bonchev–Trinajstić information content (AvgIpc) is 2.94. The number of nitrogens with two attached hydrogens (primary N) is 1. The van der Waals surface area contributed by atoms with Crippen molar-refractivity contribution in [1.29, 1.82) is 0 Å². The van der Waals surface area contributed by atoms with Crippen molar-refractivity contribution in [2.24, 2.45) is 5.73 Å². The Balaban J connectivity index is 1.63. The fourth-order valence-electron chi connectivity index (χ4n) is 4.47. The van der Waals surface area contributed by atoms with Crippen molar-refractivity contribution in [1.82, 2.24) is 15.1 Å². The molecular formula is C20H24N4O4. The number of amides is 4. The number of carbonyl (C=O) groups is 4. The summed E-state index contributed by atoms with van der Waals surface area (Å²) in [7, 11) is 0. The molecule has 3 aliphatic heterocycles. The van der Waals surface area contributed by atoms with Crippen molar-refractivity contribution >= 4 is 23.6 Å². The van der Waals surface area contributed by atoms with E-state index in [4.69, 9.17) is 5.73 Å². The van der Waals surface area contributed by atoms with Gasteiger partial charge in [0.15, 0.2) is 0 Å². The third-order valence-electron chi connectivity index (χ3n) is 5.95. The maximum atomic E-state index is 13.1. The van der Waals surface area contributed by atoms with Crippen LogP contribution in [0.25, 0.3) is 0 Å². The number of nitrogens with zero attached hydrogens (tertiary/aromatic N) is 2. The number of piperidine rings is 2. The van der Waals surface area contributed by atoms with Gasteiger partial charge in [-0.1, -0.05) is 18.6 Å². The average molecular weight is 384 g/mol. The summed E-state index contributed by atoms with van der Waals surface area (Å²) < 4.78 is 0. The number of carbonyl (C=O) groups excluding carboxylic acids is 4. The van der Waals surface area contributed by atoms with Crippen LogP contribution in [-0.2, 0) is 16.1 Å². The Hall–Kier alpha value is -2.58. The van der Waals surface area contributed by atoms with Crippen molar-refractivity contribution in [3.63, 3.8) is 0 Å². The minimum absolute atomic E-state index is 0.114. The summed E-state index contributed by atoms with van der Waals surface area (Å²) in [5, 5.41) is 2.22. The van der Waals surface area contributed by atoms with Gasteiger partial charge in [-0.15, -0.1) is 0 Å². The Bertz CT molecular complexity index is 853. The maximum Gasteiger partial charge on any atom is 0.262 e. The fourth-order valence-corrected chi connectivity index (χ4v) is 4.47. The molecule has 2 atom stereocenters. The number of hydrogen-bond acceptors (Lipinski definition) is 6. The van der Waals surface area contributed by atoms with Gasteiger partial charge in [0.2, 0.25) is 11.8 Å². The van der Waals surface area contributed by atoms with Crippen LogP contribution in [0.5, 0.6) is 0 Å². The molecule has 0 aliphatic carbocycles. The molecule has 2 saturated heterocycles. The summed E-state index contributed by atoms with van der Waals surface area (Å²) in [5.74, 6) is -1.89. The molecule has 8 nitrogen and oxygen atoms in total. The van der Waals surface area contributed by atoms with Gasteiger partial charge in [-0.25, -0.2) is 0 Å². The van der Waals surface area contributed by atoms with Crippen LogP contribution in [-0.4, -0.2) is 58.6 Å². The number of imide groups is 2. The normalized spacial score (nSPS) is 25.8. The Morgan fingerprint density at radius 1 is 1.07 bits per heavy atom. The third-order valence-corrected chi connectivity index (χ3v) is 5.95. The molecule has 3 N–H and O–H groups in total.